The van der Waals surface area contributed by atoms with Crippen molar-refractivity contribution < 1.29 is 50.9 Å². The molecule has 0 radical (unpaired) electrons. The Labute approximate surface area is 292 Å². The van der Waals surface area contributed by atoms with Crippen LogP contribution in [0.25, 0.3) is 5.65 Å². The Morgan fingerprint density at radius 3 is 2.14 bits per heavy atom. The van der Waals surface area contributed by atoms with Gasteiger partial charge in [0.2, 0.25) is 0 Å². The van der Waals surface area contributed by atoms with Crippen molar-refractivity contribution in [1.29, 1.82) is 0 Å². The summed E-state index contributed by atoms with van der Waals surface area (Å²) in [5.74, 6) is -4.69. The number of halogens is 6. The molecule has 3 aromatic carbocycles. The first-order chi connectivity index (χ1) is 24.1. The van der Waals surface area contributed by atoms with Crippen LogP contribution in [0.15, 0.2) is 85.1 Å². The minimum Gasteiger partial charge on any atom is -0.485 e. The monoisotopic (exact) mass is 732 g/mol. The van der Waals surface area contributed by atoms with Crippen molar-refractivity contribution in [2.24, 2.45) is 5.73 Å². The SMILES string of the molecule is Cc1cc(OCc2c(F)cccc2F)c2nc(C)c(N(C(=O)OCc3ccccc3)C(=O)C(N)Cc3ccc(Cl)cc3)n2c1.O=C(O)C(F)(F)F. The number of hydrogen-bond donors (Lipinski definition) is 2. The quantitative estimate of drug-likeness (QED) is 0.150. The van der Waals surface area contributed by atoms with Crippen molar-refractivity contribution in [2.75, 3.05) is 4.90 Å². The van der Waals surface area contributed by atoms with E-state index in [9.17, 15) is 31.5 Å². The number of nitrogens with two attached hydrogens (primary N) is 1. The average Bonchev–Trinajstić information content (AvgIpc) is 3.40. The summed E-state index contributed by atoms with van der Waals surface area (Å²) < 4.78 is 73.2. The Morgan fingerprint density at radius 2 is 1.55 bits per heavy atom. The maximum absolute atomic E-state index is 14.3. The van der Waals surface area contributed by atoms with E-state index in [0.717, 1.165) is 28.2 Å². The van der Waals surface area contributed by atoms with Crippen molar-refractivity contribution in [1.82, 2.24) is 9.38 Å². The standard InChI is InChI=1S/C33H29ClF2N4O4.C2HF3O2/c1-20-15-29(43-19-25-26(35)9-6-10-27(25)36)30-38-21(2)31(39(30)17-20)40(33(42)44-18-23-7-4-3-5-8-23)32(41)28(37)16-22-11-13-24(34)14-12-22;3-2(4,5)1(6)7/h3-15,17,28H,16,18-19,37H2,1-2H3;(H,6,7). The highest BCUT2D eigenvalue weighted by molar-refractivity contribution is 6.30. The van der Waals surface area contributed by atoms with Gasteiger partial charge in [0.15, 0.2) is 17.2 Å². The van der Waals surface area contributed by atoms with Crippen molar-refractivity contribution >= 4 is 41.0 Å². The molecule has 3 N–H and O–H groups in total. The van der Waals surface area contributed by atoms with Crippen molar-refractivity contribution in [3.8, 4) is 5.75 Å². The summed E-state index contributed by atoms with van der Waals surface area (Å²) in [6.07, 6.45) is -4.25. The summed E-state index contributed by atoms with van der Waals surface area (Å²) in [6, 6.07) is 20.0. The number of alkyl halides is 3. The van der Waals surface area contributed by atoms with Gasteiger partial charge in [-0.1, -0.05) is 60.1 Å². The molecular formula is C35H30ClF5N4O6. The highest BCUT2D eigenvalue weighted by Gasteiger charge is 2.38. The van der Waals surface area contributed by atoms with Gasteiger partial charge >= 0.3 is 18.2 Å². The molecule has 5 rings (SSSR count). The molecule has 2 aromatic heterocycles. The number of hydrogen-bond acceptors (Lipinski definition) is 7. The molecule has 10 nitrogen and oxygen atoms in total. The Balaban J connectivity index is 0.000000755. The van der Waals surface area contributed by atoms with E-state index in [-0.39, 0.29) is 35.8 Å². The van der Waals surface area contributed by atoms with E-state index in [1.807, 2.05) is 6.07 Å². The number of anilines is 1. The lowest BCUT2D eigenvalue weighted by atomic mass is 10.1. The lowest BCUT2D eigenvalue weighted by Gasteiger charge is -2.24. The highest BCUT2D eigenvalue weighted by atomic mass is 35.5. The lowest BCUT2D eigenvalue weighted by Crippen LogP contribution is -2.49. The van der Waals surface area contributed by atoms with Gasteiger partial charge in [-0.2, -0.15) is 18.1 Å². The summed E-state index contributed by atoms with van der Waals surface area (Å²) >= 11 is 6.00. The van der Waals surface area contributed by atoms with Gasteiger partial charge in [0, 0.05) is 11.2 Å². The predicted octanol–water partition coefficient (Wildman–Crippen LogP) is 7.33. The van der Waals surface area contributed by atoms with Crippen LogP contribution in [0.3, 0.4) is 0 Å². The van der Waals surface area contributed by atoms with Gasteiger partial charge in [0.25, 0.3) is 5.91 Å². The molecular weight excluding hydrogens is 703 g/mol. The molecule has 0 aliphatic carbocycles. The second-order valence-corrected chi connectivity index (χ2v) is 11.5. The zero-order valence-corrected chi connectivity index (χ0v) is 27.7. The van der Waals surface area contributed by atoms with E-state index in [0.29, 0.717) is 16.3 Å². The van der Waals surface area contributed by atoms with Crippen LogP contribution in [-0.4, -0.2) is 44.7 Å². The molecule has 268 valence electrons. The Kier molecular flexibility index (Phi) is 12.3. The number of imidazole rings is 1. The van der Waals surface area contributed by atoms with Crippen molar-refractivity contribution in [2.45, 2.75) is 45.7 Å². The molecule has 0 bridgehead atoms. The summed E-state index contributed by atoms with van der Waals surface area (Å²) in [4.78, 5) is 41.9. The summed E-state index contributed by atoms with van der Waals surface area (Å²) in [6.45, 7) is 2.88. The third-order valence-electron chi connectivity index (χ3n) is 7.15. The molecule has 0 saturated heterocycles. The number of benzene rings is 3. The number of aliphatic carboxylic acids is 1. The maximum Gasteiger partial charge on any atom is 0.490 e. The van der Waals surface area contributed by atoms with Gasteiger partial charge < -0.3 is 20.3 Å². The molecule has 0 saturated carbocycles. The van der Waals surface area contributed by atoms with Gasteiger partial charge in [0.05, 0.1) is 17.3 Å². The Bertz CT molecular complexity index is 2000. The molecule has 1 atom stereocenters. The fourth-order valence-corrected chi connectivity index (χ4v) is 4.86. The van der Waals surface area contributed by atoms with Crippen LogP contribution in [0, 0.1) is 25.5 Å². The van der Waals surface area contributed by atoms with Crippen LogP contribution in [0.1, 0.15) is 27.9 Å². The smallest absolute Gasteiger partial charge is 0.485 e. The van der Waals surface area contributed by atoms with E-state index < -0.39 is 48.4 Å². The third kappa shape index (κ3) is 9.80. The van der Waals surface area contributed by atoms with Gasteiger partial charge in [-0.3, -0.25) is 9.20 Å². The number of rotatable bonds is 9. The molecule has 5 aromatic rings. The summed E-state index contributed by atoms with van der Waals surface area (Å²) in [7, 11) is 0. The number of carboxylic acid groups (broad SMARTS) is 1. The van der Waals surface area contributed by atoms with Gasteiger partial charge in [-0.05, 0) is 67.3 Å². The van der Waals surface area contributed by atoms with Gasteiger partial charge in [-0.25, -0.2) is 23.4 Å². The summed E-state index contributed by atoms with van der Waals surface area (Å²) in [5.41, 5.74) is 8.78. The van der Waals surface area contributed by atoms with E-state index in [2.05, 4.69) is 4.98 Å². The predicted molar refractivity (Wildman–Crippen MR) is 176 cm³/mol. The number of ether oxygens (including phenoxy) is 2. The number of carbonyl (C=O) groups is 3. The van der Waals surface area contributed by atoms with Crippen LogP contribution in [0.4, 0.5) is 32.6 Å². The fraction of sp³-hybridized carbons (Fsp3) is 0.200. The number of pyridine rings is 1. The first-order valence-corrected chi connectivity index (χ1v) is 15.3. The van der Waals surface area contributed by atoms with E-state index in [1.54, 1.807) is 74.6 Å². The lowest BCUT2D eigenvalue weighted by molar-refractivity contribution is -0.192. The first kappa shape index (κ1) is 38.3. The van der Waals surface area contributed by atoms with Crippen LogP contribution in [0.5, 0.6) is 5.75 Å². The van der Waals surface area contributed by atoms with Crippen LogP contribution >= 0.6 is 11.6 Å². The van der Waals surface area contributed by atoms with Crippen LogP contribution < -0.4 is 15.4 Å². The van der Waals surface area contributed by atoms with Crippen LogP contribution in [0.2, 0.25) is 5.02 Å². The zero-order valence-electron chi connectivity index (χ0n) is 27.0. The van der Waals surface area contributed by atoms with E-state index in [4.69, 9.17) is 36.7 Å². The Morgan fingerprint density at radius 1 is 0.941 bits per heavy atom. The molecule has 1 unspecified atom stereocenters. The third-order valence-corrected chi connectivity index (χ3v) is 7.40. The molecule has 0 aliphatic rings. The first-order valence-electron chi connectivity index (χ1n) is 15.0. The van der Waals surface area contributed by atoms with Gasteiger partial charge in [-0.15, -0.1) is 0 Å². The van der Waals surface area contributed by atoms with Gasteiger partial charge in [0.1, 0.15) is 24.8 Å². The topological polar surface area (TPSA) is 136 Å². The number of aromatic nitrogens is 2. The number of fused-ring (bicyclic) bond motifs is 1. The zero-order chi connectivity index (χ0) is 37.5. The molecule has 0 spiro atoms. The van der Waals surface area contributed by atoms with E-state index >= 15 is 0 Å². The normalized spacial score (nSPS) is 11.7. The molecule has 16 heteroatoms. The van der Waals surface area contributed by atoms with E-state index in [1.165, 1.54) is 10.5 Å². The number of carboxylic acids is 1. The average molecular weight is 733 g/mol. The number of aryl methyl sites for hydroxylation is 2. The van der Waals surface area contributed by atoms with Crippen molar-refractivity contribution in [3.63, 3.8) is 0 Å². The molecule has 2 amide bonds. The van der Waals surface area contributed by atoms with Crippen LogP contribution in [-0.2, 0) is 34.0 Å². The maximum atomic E-state index is 14.3. The number of carbonyl (C=O) groups excluding carboxylic acids is 2. The molecule has 2 heterocycles. The highest BCUT2D eigenvalue weighted by Crippen LogP contribution is 2.31. The summed E-state index contributed by atoms with van der Waals surface area (Å²) in [5, 5.41) is 7.66. The molecule has 51 heavy (non-hydrogen) atoms. The minimum atomic E-state index is -5.08. The molecule has 0 aliphatic heterocycles. The second kappa shape index (κ2) is 16.4. The van der Waals surface area contributed by atoms with Crippen molar-refractivity contribution in [3.05, 3.63) is 130 Å². The fourth-order valence-electron chi connectivity index (χ4n) is 4.73. The number of imide groups is 1. The Hall–Kier alpha value is -5.54. The second-order valence-electron chi connectivity index (χ2n) is 11.0. The molecule has 0 fully saturated rings. The minimum absolute atomic E-state index is 0.0900. The largest absolute Gasteiger partial charge is 0.490 e. The number of nitrogens with zero attached hydrogens (tertiary/aromatic N) is 3. The number of amides is 2.